The predicted molar refractivity (Wildman–Crippen MR) is 67.2 cm³/mol. The molecular formula is C13H16FN3O. The lowest BCUT2D eigenvalue weighted by Crippen LogP contribution is -2.17. The minimum atomic E-state index is -0.176. The number of hydrogen-bond acceptors (Lipinski definition) is 4. The van der Waals surface area contributed by atoms with E-state index >= 15 is 0 Å². The highest BCUT2D eigenvalue weighted by atomic mass is 19.1. The summed E-state index contributed by atoms with van der Waals surface area (Å²) in [7, 11) is 1.96. The Morgan fingerprint density at radius 2 is 2.11 bits per heavy atom. The van der Waals surface area contributed by atoms with Gasteiger partial charge in [-0.3, -0.25) is 4.90 Å². The molecular weight excluding hydrogens is 233 g/mol. The molecule has 0 spiro atoms. The average molecular weight is 249 g/mol. The molecule has 0 amide bonds. The lowest BCUT2D eigenvalue weighted by Gasteiger charge is -2.15. The molecule has 0 saturated carbocycles. The number of hydrogen-bond donors (Lipinski definition) is 1. The first-order valence-electron chi connectivity index (χ1n) is 5.69. The largest absolute Gasteiger partial charge is 0.381 e. The van der Waals surface area contributed by atoms with Crippen LogP contribution in [0.4, 0.5) is 10.2 Å². The number of nitrogens with two attached hydrogens (primary N) is 1. The first-order valence-corrected chi connectivity index (χ1v) is 5.69. The van der Waals surface area contributed by atoms with Gasteiger partial charge in [0, 0.05) is 12.6 Å². The van der Waals surface area contributed by atoms with Gasteiger partial charge in [-0.2, -0.15) is 0 Å². The third-order valence-electron chi connectivity index (χ3n) is 2.68. The maximum atomic E-state index is 13.1. The molecule has 2 rings (SSSR count). The van der Waals surface area contributed by atoms with E-state index in [4.69, 9.17) is 10.3 Å². The van der Waals surface area contributed by atoms with Crippen molar-refractivity contribution in [2.45, 2.75) is 20.0 Å². The molecule has 0 aliphatic rings. The fourth-order valence-corrected chi connectivity index (χ4v) is 1.84. The van der Waals surface area contributed by atoms with E-state index in [2.05, 4.69) is 5.16 Å². The van der Waals surface area contributed by atoms with Gasteiger partial charge in [0.2, 0.25) is 0 Å². The summed E-state index contributed by atoms with van der Waals surface area (Å²) < 4.78 is 18.2. The van der Waals surface area contributed by atoms with Gasteiger partial charge in [-0.15, -0.1) is 0 Å². The SMILES string of the molecule is Cc1cc(CN(C)Cc2cc(N)no2)ccc1F. The maximum absolute atomic E-state index is 13.1. The number of aromatic nitrogens is 1. The molecule has 0 fully saturated rings. The van der Waals surface area contributed by atoms with E-state index in [9.17, 15) is 4.39 Å². The molecule has 0 radical (unpaired) electrons. The minimum absolute atomic E-state index is 0.176. The molecule has 1 aromatic carbocycles. The number of aryl methyl sites for hydroxylation is 1. The number of benzene rings is 1. The quantitative estimate of drug-likeness (QED) is 0.903. The summed E-state index contributed by atoms with van der Waals surface area (Å²) in [5.74, 6) is 0.925. The Bertz CT molecular complexity index is 539. The van der Waals surface area contributed by atoms with Crippen LogP contribution in [0.25, 0.3) is 0 Å². The van der Waals surface area contributed by atoms with Crippen LogP contribution in [0.1, 0.15) is 16.9 Å². The zero-order valence-corrected chi connectivity index (χ0v) is 10.5. The highest BCUT2D eigenvalue weighted by Crippen LogP contribution is 2.13. The average Bonchev–Trinajstić information content (AvgIpc) is 2.69. The molecule has 0 atom stereocenters. The fraction of sp³-hybridized carbons (Fsp3) is 0.308. The Morgan fingerprint density at radius 3 is 2.72 bits per heavy atom. The van der Waals surface area contributed by atoms with Crippen molar-refractivity contribution in [1.82, 2.24) is 10.1 Å². The van der Waals surface area contributed by atoms with E-state index in [1.54, 1.807) is 19.1 Å². The number of nitrogens with zero attached hydrogens (tertiary/aromatic N) is 2. The first kappa shape index (κ1) is 12.6. The van der Waals surface area contributed by atoms with Gasteiger partial charge in [0.25, 0.3) is 0 Å². The van der Waals surface area contributed by atoms with Gasteiger partial charge in [-0.25, -0.2) is 4.39 Å². The molecule has 1 heterocycles. The zero-order chi connectivity index (χ0) is 13.1. The van der Waals surface area contributed by atoms with Crippen LogP contribution >= 0.6 is 0 Å². The van der Waals surface area contributed by atoms with Crippen molar-refractivity contribution in [1.29, 1.82) is 0 Å². The van der Waals surface area contributed by atoms with Crippen molar-refractivity contribution >= 4 is 5.82 Å². The van der Waals surface area contributed by atoms with Crippen LogP contribution in [0.15, 0.2) is 28.8 Å². The molecule has 0 unspecified atom stereocenters. The second kappa shape index (κ2) is 5.18. The van der Waals surface area contributed by atoms with Gasteiger partial charge >= 0.3 is 0 Å². The Balaban J connectivity index is 1.98. The molecule has 4 nitrogen and oxygen atoms in total. The summed E-state index contributed by atoms with van der Waals surface area (Å²) in [6, 6.07) is 6.82. The van der Waals surface area contributed by atoms with Crippen molar-refractivity contribution in [2.75, 3.05) is 12.8 Å². The zero-order valence-electron chi connectivity index (χ0n) is 10.5. The summed E-state index contributed by atoms with van der Waals surface area (Å²) in [5, 5.41) is 3.63. The van der Waals surface area contributed by atoms with Crippen LogP contribution in [-0.4, -0.2) is 17.1 Å². The Hall–Kier alpha value is -1.88. The highest BCUT2D eigenvalue weighted by molar-refractivity contribution is 5.26. The van der Waals surface area contributed by atoms with E-state index in [0.29, 0.717) is 30.2 Å². The molecule has 0 saturated heterocycles. The van der Waals surface area contributed by atoms with E-state index in [1.807, 2.05) is 18.0 Å². The number of halogens is 1. The van der Waals surface area contributed by atoms with Crippen LogP contribution in [0.3, 0.4) is 0 Å². The molecule has 0 bridgehead atoms. The van der Waals surface area contributed by atoms with Gasteiger partial charge in [0.15, 0.2) is 11.6 Å². The second-order valence-electron chi connectivity index (χ2n) is 4.47. The van der Waals surface area contributed by atoms with Crippen molar-refractivity contribution in [2.24, 2.45) is 0 Å². The van der Waals surface area contributed by atoms with Crippen molar-refractivity contribution < 1.29 is 8.91 Å². The van der Waals surface area contributed by atoms with Gasteiger partial charge in [-0.05, 0) is 31.2 Å². The van der Waals surface area contributed by atoms with Crippen molar-refractivity contribution in [3.05, 3.63) is 47.0 Å². The maximum Gasteiger partial charge on any atom is 0.167 e. The molecule has 0 aliphatic heterocycles. The molecule has 2 N–H and O–H groups in total. The lowest BCUT2D eigenvalue weighted by atomic mass is 10.1. The van der Waals surface area contributed by atoms with E-state index in [0.717, 1.165) is 5.56 Å². The molecule has 1 aromatic heterocycles. The topological polar surface area (TPSA) is 55.3 Å². The molecule has 5 heteroatoms. The number of nitrogen functional groups attached to an aromatic ring is 1. The van der Waals surface area contributed by atoms with Gasteiger partial charge in [0.05, 0.1) is 6.54 Å². The Labute approximate surface area is 105 Å². The first-order chi connectivity index (χ1) is 8.54. The van der Waals surface area contributed by atoms with Gasteiger partial charge in [-0.1, -0.05) is 17.3 Å². The van der Waals surface area contributed by atoms with Gasteiger partial charge in [0.1, 0.15) is 5.82 Å². The highest BCUT2D eigenvalue weighted by Gasteiger charge is 2.07. The lowest BCUT2D eigenvalue weighted by molar-refractivity contribution is 0.267. The number of anilines is 1. The Kier molecular flexibility index (Phi) is 3.62. The third kappa shape index (κ3) is 3.07. The van der Waals surface area contributed by atoms with E-state index < -0.39 is 0 Å². The summed E-state index contributed by atoms with van der Waals surface area (Å²) in [6.45, 7) is 3.08. The minimum Gasteiger partial charge on any atom is -0.381 e. The van der Waals surface area contributed by atoms with Crippen molar-refractivity contribution in [3.63, 3.8) is 0 Å². The fourth-order valence-electron chi connectivity index (χ4n) is 1.84. The normalized spacial score (nSPS) is 11.1. The molecule has 0 aliphatic carbocycles. The van der Waals surface area contributed by atoms with Crippen LogP contribution in [0.2, 0.25) is 0 Å². The summed E-state index contributed by atoms with van der Waals surface area (Å²) in [4.78, 5) is 2.05. The summed E-state index contributed by atoms with van der Waals surface area (Å²) >= 11 is 0. The summed E-state index contributed by atoms with van der Waals surface area (Å²) in [6.07, 6.45) is 0. The van der Waals surface area contributed by atoms with Crippen molar-refractivity contribution in [3.8, 4) is 0 Å². The van der Waals surface area contributed by atoms with Crippen LogP contribution in [0.5, 0.6) is 0 Å². The molecule has 96 valence electrons. The molecule has 18 heavy (non-hydrogen) atoms. The molecule has 2 aromatic rings. The predicted octanol–water partition coefficient (Wildman–Crippen LogP) is 2.34. The monoisotopic (exact) mass is 249 g/mol. The van der Waals surface area contributed by atoms with Crippen LogP contribution in [-0.2, 0) is 13.1 Å². The van der Waals surface area contributed by atoms with Crippen LogP contribution in [0, 0.1) is 12.7 Å². The third-order valence-corrected chi connectivity index (χ3v) is 2.68. The van der Waals surface area contributed by atoms with E-state index in [-0.39, 0.29) is 5.82 Å². The van der Waals surface area contributed by atoms with Crippen LogP contribution < -0.4 is 5.73 Å². The van der Waals surface area contributed by atoms with E-state index in [1.165, 1.54) is 6.07 Å². The summed E-state index contributed by atoms with van der Waals surface area (Å²) in [5.41, 5.74) is 7.19. The standard InChI is InChI=1S/C13H16FN3O/c1-9-5-10(3-4-12(9)14)7-17(2)8-11-6-13(15)16-18-11/h3-6H,7-8H2,1-2H3,(H2,15,16). The second-order valence-corrected chi connectivity index (χ2v) is 4.47. The number of rotatable bonds is 4. The van der Waals surface area contributed by atoms with Gasteiger partial charge < -0.3 is 10.3 Å². The smallest absolute Gasteiger partial charge is 0.167 e. The Morgan fingerprint density at radius 1 is 1.33 bits per heavy atom.